The summed E-state index contributed by atoms with van der Waals surface area (Å²) in [4.78, 5) is 0. The van der Waals surface area contributed by atoms with E-state index in [1.165, 1.54) is 19.3 Å². The van der Waals surface area contributed by atoms with Gasteiger partial charge in [-0.3, -0.25) is 0 Å². The maximum atomic E-state index is 2.21. The van der Waals surface area contributed by atoms with Crippen LogP contribution in [0.1, 0.15) is 33.1 Å². The molecule has 0 unspecified atom stereocenters. The van der Waals surface area contributed by atoms with E-state index in [0.29, 0.717) is 0 Å². The molecule has 0 aromatic heterocycles. The first-order valence-corrected chi connectivity index (χ1v) is 2.41. The topological polar surface area (TPSA) is 0 Å². The Morgan fingerprint density at radius 2 is 1.33 bits per heavy atom. The molecule has 0 spiro atoms. The van der Waals surface area contributed by atoms with Crippen LogP contribution in [0, 0.1) is 0 Å². The normalized spacial score (nSPS) is 7.00. The predicted molar refractivity (Wildman–Crippen MR) is 31.0 cm³/mol. The quantitative estimate of drug-likeness (QED) is 0.677. The molecule has 0 nitrogen and oxygen atoms in total. The molecule has 37 valence electrons. The van der Waals surface area contributed by atoms with E-state index in [1.807, 2.05) is 0 Å². The molecule has 0 aliphatic carbocycles. The Morgan fingerprint density at radius 3 is 1.33 bits per heavy atom. The average Bonchev–Trinajstić information content (AvgIpc) is 1.41. The summed E-state index contributed by atoms with van der Waals surface area (Å²) in [7, 11) is 0. The molecule has 0 saturated heterocycles. The van der Waals surface area contributed by atoms with Crippen molar-refractivity contribution in [1.82, 2.24) is 0 Å². The molecule has 0 aliphatic rings. The first-order chi connectivity index (χ1) is 2.41. The number of unbranched alkanes of at least 4 members (excludes halogenated alkanes) is 2. The third-order valence-corrected chi connectivity index (χ3v) is 0.707. The van der Waals surface area contributed by atoms with Crippen molar-refractivity contribution in [3.8, 4) is 0 Å². The molecule has 3 radical (unpaired) electrons. The van der Waals surface area contributed by atoms with Gasteiger partial charge in [0, 0.05) is 26.2 Å². The van der Waals surface area contributed by atoms with Crippen molar-refractivity contribution in [2.24, 2.45) is 0 Å². The van der Waals surface area contributed by atoms with Crippen molar-refractivity contribution in [1.29, 1.82) is 0 Å². The van der Waals surface area contributed by atoms with Crippen molar-refractivity contribution in [3.63, 3.8) is 0 Å². The fourth-order valence-electron chi connectivity index (χ4n) is 0.354. The van der Waals surface area contributed by atoms with Gasteiger partial charge in [-0.1, -0.05) is 33.1 Å². The van der Waals surface area contributed by atoms with Crippen LogP contribution in [0.5, 0.6) is 0 Å². The first kappa shape index (κ1) is 9.99. The molecular weight excluding hydrogens is 269 g/mol. The smallest absolute Gasteiger partial charge is 0 e. The maximum Gasteiger partial charge on any atom is 0 e. The van der Waals surface area contributed by atoms with Crippen LogP contribution in [0.25, 0.3) is 0 Å². The summed E-state index contributed by atoms with van der Waals surface area (Å²) in [5, 5.41) is 0. The third-order valence-electron chi connectivity index (χ3n) is 0.707. The summed E-state index contributed by atoms with van der Waals surface area (Å²) in [6.07, 6.45) is 4.08. The van der Waals surface area contributed by atoms with E-state index in [2.05, 4.69) is 13.8 Å². The van der Waals surface area contributed by atoms with E-state index in [1.54, 1.807) is 0 Å². The van der Waals surface area contributed by atoms with Gasteiger partial charge < -0.3 is 0 Å². The Labute approximate surface area is 59.4 Å². The second kappa shape index (κ2) is 9.30. The van der Waals surface area contributed by atoms with Crippen molar-refractivity contribution in [2.45, 2.75) is 33.1 Å². The fraction of sp³-hybridized carbons (Fsp3) is 1.00. The van der Waals surface area contributed by atoms with Crippen LogP contribution in [-0.4, -0.2) is 26.2 Å². The molecular formula is C5H12Bi. The zero-order valence-corrected chi connectivity index (χ0v) is 8.05. The van der Waals surface area contributed by atoms with Crippen molar-refractivity contribution < 1.29 is 0 Å². The molecule has 6 heavy (non-hydrogen) atoms. The van der Waals surface area contributed by atoms with Crippen LogP contribution < -0.4 is 0 Å². The Morgan fingerprint density at radius 1 is 1.00 bits per heavy atom. The van der Waals surface area contributed by atoms with Crippen molar-refractivity contribution in [3.05, 3.63) is 0 Å². The SMILES string of the molecule is CCCCC.[Bi]. The van der Waals surface area contributed by atoms with E-state index in [0.717, 1.165) is 0 Å². The van der Waals surface area contributed by atoms with E-state index in [4.69, 9.17) is 0 Å². The minimum absolute atomic E-state index is 0. The maximum absolute atomic E-state index is 2.21. The van der Waals surface area contributed by atoms with E-state index in [-0.39, 0.29) is 26.2 Å². The molecule has 0 rings (SSSR count). The predicted octanol–water partition coefficient (Wildman–Crippen LogP) is 1.82. The number of hydrogen-bond acceptors (Lipinski definition) is 0. The molecule has 0 atom stereocenters. The van der Waals surface area contributed by atoms with Crippen LogP contribution in [0.15, 0.2) is 0 Å². The average molecular weight is 281 g/mol. The second-order valence-electron chi connectivity index (χ2n) is 1.35. The van der Waals surface area contributed by atoms with Gasteiger partial charge in [-0.05, 0) is 0 Å². The largest absolute Gasteiger partial charge is 0.0654 e. The zero-order chi connectivity index (χ0) is 4.12. The Bertz CT molecular complexity index is 11.4. The summed E-state index contributed by atoms with van der Waals surface area (Å²) in [5.41, 5.74) is 0. The van der Waals surface area contributed by atoms with Gasteiger partial charge in [-0.15, -0.1) is 0 Å². The van der Waals surface area contributed by atoms with E-state index < -0.39 is 0 Å². The van der Waals surface area contributed by atoms with E-state index in [9.17, 15) is 0 Å². The van der Waals surface area contributed by atoms with Gasteiger partial charge in [0.15, 0.2) is 0 Å². The van der Waals surface area contributed by atoms with Gasteiger partial charge in [-0.25, -0.2) is 0 Å². The minimum atomic E-state index is 0. The van der Waals surface area contributed by atoms with Crippen LogP contribution in [-0.2, 0) is 0 Å². The monoisotopic (exact) mass is 281 g/mol. The molecule has 0 aliphatic heterocycles. The van der Waals surface area contributed by atoms with E-state index >= 15 is 0 Å². The molecule has 1 heteroatoms. The van der Waals surface area contributed by atoms with Crippen LogP contribution >= 0.6 is 0 Å². The van der Waals surface area contributed by atoms with Gasteiger partial charge in [0.25, 0.3) is 0 Å². The molecule has 0 fully saturated rings. The van der Waals surface area contributed by atoms with Crippen molar-refractivity contribution in [2.75, 3.05) is 0 Å². The fourth-order valence-corrected chi connectivity index (χ4v) is 0.354. The summed E-state index contributed by atoms with van der Waals surface area (Å²) >= 11 is 0. The number of hydrogen-bond donors (Lipinski definition) is 0. The standard InChI is InChI=1S/C5H12.Bi/c1-3-5-4-2;/h3-5H2,1-2H3;. The van der Waals surface area contributed by atoms with Gasteiger partial charge in [-0.2, -0.15) is 0 Å². The van der Waals surface area contributed by atoms with Crippen LogP contribution in [0.4, 0.5) is 0 Å². The molecule has 0 amide bonds. The molecule has 0 N–H and O–H groups in total. The zero-order valence-electron chi connectivity index (χ0n) is 4.57. The molecule has 0 saturated carbocycles. The number of rotatable bonds is 2. The summed E-state index contributed by atoms with van der Waals surface area (Å²) in [5.74, 6) is 0. The Hall–Kier alpha value is 0.883. The molecule has 0 heterocycles. The third kappa shape index (κ3) is 8.86. The van der Waals surface area contributed by atoms with Crippen molar-refractivity contribution >= 4 is 26.2 Å². The van der Waals surface area contributed by atoms with Gasteiger partial charge in [0.2, 0.25) is 0 Å². The molecule has 0 aromatic rings. The minimum Gasteiger partial charge on any atom is -0.0654 e. The summed E-state index contributed by atoms with van der Waals surface area (Å²) in [6.45, 7) is 4.42. The Balaban J connectivity index is 0. The summed E-state index contributed by atoms with van der Waals surface area (Å²) in [6, 6.07) is 0. The van der Waals surface area contributed by atoms with Gasteiger partial charge in [0.05, 0.1) is 0 Å². The first-order valence-electron chi connectivity index (χ1n) is 2.41. The van der Waals surface area contributed by atoms with Crippen LogP contribution in [0.3, 0.4) is 0 Å². The second-order valence-corrected chi connectivity index (χ2v) is 1.35. The molecule has 0 aromatic carbocycles. The Kier molecular flexibility index (Phi) is 15.5. The van der Waals surface area contributed by atoms with Gasteiger partial charge in [0.1, 0.15) is 0 Å². The van der Waals surface area contributed by atoms with Crippen LogP contribution in [0.2, 0.25) is 0 Å². The summed E-state index contributed by atoms with van der Waals surface area (Å²) < 4.78 is 0. The molecule has 0 bridgehead atoms. The van der Waals surface area contributed by atoms with Gasteiger partial charge >= 0.3 is 0 Å².